The molecule has 1 aromatic heterocycles. The molecule has 0 aliphatic carbocycles. The van der Waals surface area contributed by atoms with Crippen LogP contribution in [-0.4, -0.2) is 41.0 Å². The lowest BCUT2D eigenvalue weighted by molar-refractivity contribution is -0.142. The molecule has 1 saturated heterocycles. The second-order valence-electron chi connectivity index (χ2n) is 6.63. The fourth-order valence-electron chi connectivity index (χ4n) is 2.82. The molecule has 26 heavy (non-hydrogen) atoms. The first-order chi connectivity index (χ1) is 12.3. The molecule has 1 fully saturated rings. The van der Waals surface area contributed by atoms with E-state index >= 15 is 0 Å². The van der Waals surface area contributed by atoms with Crippen LogP contribution in [0.1, 0.15) is 25.0 Å². The number of rotatable bonds is 6. The highest BCUT2D eigenvalue weighted by Crippen LogP contribution is 2.27. The summed E-state index contributed by atoms with van der Waals surface area (Å²) in [5.41, 5.74) is 8.09. The van der Waals surface area contributed by atoms with Crippen molar-refractivity contribution >= 4 is 23.2 Å². The van der Waals surface area contributed by atoms with Crippen LogP contribution in [-0.2, 0) is 4.79 Å². The quantitative estimate of drug-likeness (QED) is 0.542. The number of carboxylic acids is 1. The Labute approximate surface area is 151 Å². The maximum absolute atomic E-state index is 11.0. The van der Waals surface area contributed by atoms with Gasteiger partial charge in [-0.1, -0.05) is 0 Å². The molecule has 2 aromatic rings. The van der Waals surface area contributed by atoms with Crippen molar-refractivity contribution in [1.82, 2.24) is 4.98 Å². The molecule has 136 valence electrons. The minimum atomic E-state index is -0.792. The summed E-state index contributed by atoms with van der Waals surface area (Å²) in [6.07, 6.45) is 1.65. The number of nitrogens with one attached hydrogen (secondary N) is 1. The largest absolute Gasteiger partial charge is 0.491 e. The molecule has 1 aliphatic heterocycles. The van der Waals surface area contributed by atoms with Gasteiger partial charge in [0.1, 0.15) is 11.6 Å². The van der Waals surface area contributed by atoms with Gasteiger partial charge in [-0.3, -0.25) is 10.2 Å². The lowest BCUT2D eigenvalue weighted by Gasteiger charge is -2.37. The first-order valence-corrected chi connectivity index (χ1v) is 8.44. The highest BCUT2D eigenvalue weighted by Gasteiger charge is 2.33. The van der Waals surface area contributed by atoms with Crippen LogP contribution in [0.15, 0.2) is 36.5 Å². The van der Waals surface area contributed by atoms with E-state index in [0.29, 0.717) is 41.5 Å². The van der Waals surface area contributed by atoms with Crippen LogP contribution in [0.3, 0.4) is 0 Å². The summed E-state index contributed by atoms with van der Waals surface area (Å²) in [6, 6.07) is 8.82. The number of nitrogens with two attached hydrogens (primary N) is 1. The molecule has 0 spiro atoms. The zero-order valence-corrected chi connectivity index (χ0v) is 14.8. The van der Waals surface area contributed by atoms with E-state index in [4.69, 9.17) is 21.0 Å². The van der Waals surface area contributed by atoms with Gasteiger partial charge in [0.2, 0.25) is 0 Å². The highest BCUT2D eigenvalue weighted by molar-refractivity contribution is 6.14. The summed E-state index contributed by atoms with van der Waals surface area (Å²) >= 11 is 0. The second-order valence-corrected chi connectivity index (χ2v) is 6.63. The number of ether oxygens (including phenoxy) is 1. The van der Waals surface area contributed by atoms with Crippen LogP contribution in [0.5, 0.6) is 5.75 Å². The number of aliphatic carboxylic acids is 1. The molecule has 0 radical (unpaired) electrons. The predicted molar refractivity (Wildman–Crippen MR) is 100 cm³/mol. The van der Waals surface area contributed by atoms with E-state index in [1.807, 2.05) is 18.7 Å². The Morgan fingerprint density at radius 1 is 1.35 bits per heavy atom. The SMILES string of the molecule is CC(C)Oc1ccc(N)c(C(=N)c2ccnc(N3CC(C(=O)O)C3)c2)c1. The molecule has 7 heteroatoms. The molecule has 0 bridgehead atoms. The Bertz CT molecular complexity index is 844. The van der Waals surface area contributed by atoms with E-state index in [9.17, 15) is 4.79 Å². The number of nitrogen functional groups attached to an aromatic ring is 1. The Morgan fingerprint density at radius 3 is 2.73 bits per heavy atom. The number of carboxylic acid groups (broad SMARTS) is 1. The van der Waals surface area contributed by atoms with Crippen LogP contribution in [0.2, 0.25) is 0 Å². The average molecular weight is 354 g/mol. The second kappa shape index (κ2) is 7.03. The van der Waals surface area contributed by atoms with Crippen molar-refractivity contribution in [2.24, 2.45) is 5.92 Å². The van der Waals surface area contributed by atoms with Crippen molar-refractivity contribution in [2.45, 2.75) is 20.0 Å². The number of nitrogens with zero attached hydrogens (tertiary/aromatic N) is 2. The molecule has 1 aliphatic rings. The first kappa shape index (κ1) is 17.7. The van der Waals surface area contributed by atoms with Crippen molar-refractivity contribution in [3.63, 3.8) is 0 Å². The van der Waals surface area contributed by atoms with E-state index in [2.05, 4.69) is 4.98 Å². The molecule has 1 aromatic carbocycles. The van der Waals surface area contributed by atoms with Crippen molar-refractivity contribution in [3.05, 3.63) is 47.7 Å². The molecular formula is C19H22N4O3. The van der Waals surface area contributed by atoms with Crippen molar-refractivity contribution in [2.75, 3.05) is 23.7 Å². The fraction of sp³-hybridized carbons (Fsp3) is 0.316. The molecule has 0 amide bonds. The van der Waals surface area contributed by atoms with Crippen LogP contribution >= 0.6 is 0 Å². The summed E-state index contributed by atoms with van der Waals surface area (Å²) in [6.45, 7) is 4.74. The summed E-state index contributed by atoms with van der Waals surface area (Å²) in [4.78, 5) is 17.1. The number of hydrogen-bond donors (Lipinski definition) is 3. The van der Waals surface area contributed by atoms with Gasteiger partial charge in [-0.15, -0.1) is 0 Å². The third-order valence-electron chi connectivity index (χ3n) is 4.25. The van der Waals surface area contributed by atoms with Gasteiger partial charge in [0, 0.05) is 36.1 Å². The molecule has 7 nitrogen and oxygen atoms in total. The number of aromatic nitrogens is 1. The monoisotopic (exact) mass is 354 g/mol. The van der Waals surface area contributed by atoms with Crippen molar-refractivity contribution in [1.29, 1.82) is 5.41 Å². The molecule has 0 unspecified atom stereocenters. The van der Waals surface area contributed by atoms with E-state index in [-0.39, 0.29) is 17.7 Å². The molecule has 0 saturated carbocycles. The Hall–Kier alpha value is -3.09. The van der Waals surface area contributed by atoms with E-state index in [0.717, 1.165) is 0 Å². The molecule has 3 rings (SSSR count). The van der Waals surface area contributed by atoms with Crippen molar-refractivity contribution < 1.29 is 14.6 Å². The van der Waals surface area contributed by atoms with Crippen molar-refractivity contribution in [3.8, 4) is 5.75 Å². The molecule has 4 N–H and O–H groups in total. The third-order valence-corrected chi connectivity index (χ3v) is 4.25. The average Bonchev–Trinajstić information content (AvgIpc) is 2.54. The summed E-state index contributed by atoms with van der Waals surface area (Å²) in [7, 11) is 0. The maximum atomic E-state index is 11.0. The van der Waals surface area contributed by atoms with Gasteiger partial charge in [0.15, 0.2) is 0 Å². The van der Waals surface area contributed by atoms with E-state index in [1.165, 1.54) is 0 Å². The number of carbonyl (C=O) groups is 1. The van der Waals surface area contributed by atoms with Crippen LogP contribution in [0, 0.1) is 11.3 Å². The zero-order valence-electron chi connectivity index (χ0n) is 14.8. The predicted octanol–water partition coefficient (Wildman–Crippen LogP) is 2.39. The lowest BCUT2D eigenvalue weighted by Crippen LogP contribution is -2.50. The highest BCUT2D eigenvalue weighted by atomic mass is 16.5. The van der Waals surface area contributed by atoms with Gasteiger partial charge in [-0.25, -0.2) is 4.98 Å². The third kappa shape index (κ3) is 3.61. The standard InChI is InChI=1S/C19H22N4O3/c1-11(2)26-14-3-4-16(20)15(8-14)18(21)12-5-6-22-17(7-12)23-9-13(10-23)19(24)25/h3-8,11,13,21H,9-10,20H2,1-2H3,(H,24,25). The van der Waals surface area contributed by atoms with Gasteiger partial charge >= 0.3 is 5.97 Å². The topological polar surface area (TPSA) is 113 Å². The molecular weight excluding hydrogens is 332 g/mol. The Balaban J connectivity index is 1.82. The Kier molecular flexibility index (Phi) is 4.79. The van der Waals surface area contributed by atoms with Crippen LogP contribution in [0.25, 0.3) is 0 Å². The molecule has 2 heterocycles. The van der Waals surface area contributed by atoms with Gasteiger partial charge in [0.25, 0.3) is 0 Å². The fourth-order valence-corrected chi connectivity index (χ4v) is 2.82. The van der Waals surface area contributed by atoms with Gasteiger partial charge in [-0.05, 0) is 44.2 Å². The summed E-state index contributed by atoms with van der Waals surface area (Å²) in [5, 5.41) is 17.5. The lowest BCUT2D eigenvalue weighted by atomic mass is 9.98. The maximum Gasteiger partial charge on any atom is 0.310 e. The van der Waals surface area contributed by atoms with Gasteiger partial charge in [0.05, 0.1) is 17.7 Å². The summed E-state index contributed by atoms with van der Waals surface area (Å²) in [5.74, 6) is 0.175. The minimum absolute atomic E-state index is 0.0294. The zero-order chi connectivity index (χ0) is 18.8. The van der Waals surface area contributed by atoms with Gasteiger partial charge < -0.3 is 20.5 Å². The van der Waals surface area contributed by atoms with E-state index in [1.54, 1.807) is 36.5 Å². The van der Waals surface area contributed by atoms with Crippen LogP contribution < -0.4 is 15.4 Å². The number of pyridine rings is 1. The van der Waals surface area contributed by atoms with Gasteiger partial charge in [-0.2, -0.15) is 0 Å². The minimum Gasteiger partial charge on any atom is -0.491 e. The number of hydrogen-bond acceptors (Lipinski definition) is 6. The summed E-state index contributed by atoms with van der Waals surface area (Å²) < 4.78 is 5.69. The first-order valence-electron chi connectivity index (χ1n) is 8.44. The number of benzene rings is 1. The number of anilines is 2. The normalized spacial score (nSPS) is 14.2. The van der Waals surface area contributed by atoms with E-state index < -0.39 is 5.97 Å². The molecule has 0 atom stereocenters. The van der Waals surface area contributed by atoms with Crippen LogP contribution in [0.4, 0.5) is 11.5 Å². The smallest absolute Gasteiger partial charge is 0.310 e. The Morgan fingerprint density at radius 2 is 2.08 bits per heavy atom.